The van der Waals surface area contributed by atoms with Gasteiger partial charge in [-0.15, -0.1) is 24.0 Å². The number of hydrogen-bond acceptors (Lipinski definition) is 2. The Morgan fingerprint density at radius 1 is 1.17 bits per heavy atom. The number of guanidine groups is 1. The van der Waals surface area contributed by atoms with Crippen LogP contribution in [0.3, 0.4) is 0 Å². The van der Waals surface area contributed by atoms with Crippen LogP contribution in [0.15, 0.2) is 4.99 Å². The molecule has 0 heterocycles. The van der Waals surface area contributed by atoms with E-state index in [4.69, 9.17) is 0 Å². The van der Waals surface area contributed by atoms with Gasteiger partial charge in [-0.1, -0.05) is 26.7 Å². The molecule has 6 heteroatoms. The standard InChI is InChI=1S/C18H36N4O.HI/c1-5-19-18(21-15(4)11-10-14(2)3)20-13-12-17(23)22-16-8-6-7-9-16;/h14-16H,5-13H2,1-4H3,(H,22,23)(H2,19,20,21);1H. The van der Waals surface area contributed by atoms with Gasteiger partial charge in [0.2, 0.25) is 5.91 Å². The Kier molecular flexibility index (Phi) is 13.4. The number of hydrogen-bond donors (Lipinski definition) is 3. The number of rotatable bonds is 9. The van der Waals surface area contributed by atoms with E-state index < -0.39 is 0 Å². The van der Waals surface area contributed by atoms with Crippen LogP contribution in [0.25, 0.3) is 0 Å². The number of carbonyl (C=O) groups excluding carboxylic acids is 1. The highest BCUT2D eigenvalue weighted by Crippen LogP contribution is 2.17. The molecule has 1 saturated carbocycles. The van der Waals surface area contributed by atoms with Crippen molar-refractivity contribution in [2.45, 2.75) is 84.7 Å². The molecule has 1 atom stereocenters. The second-order valence-electron chi connectivity index (χ2n) is 7.08. The van der Waals surface area contributed by atoms with Gasteiger partial charge in [0.15, 0.2) is 5.96 Å². The molecule has 0 aliphatic heterocycles. The van der Waals surface area contributed by atoms with Crippen LogP contribution < -0.4 is 16.0 Å². The molecule has 5 nitrogen and oxygen atoms in total. The minimum atomic E-state index is 0. The van der Waals surface area contributed by atoms with Crippen molar-refractivity contribution in [3.05, 3.63) is 0 Å². The van der Waals surface area contributed by atoms with Gasteiger partial charge in [-0.05, 0) is 45.4 Å². The molecule has 1 rings (SSSR count). The molecule has 0 saturated heterocycles. The summed E-state index contributed by atoms with van der Waals surface area (Å²) in [4.78, 5) is 16.4. The van der Waals surface area contributed by atoms with Crippen molar-refractivity contribution in [1.82, 2.24) is 16.0 Å². The average molecular weight is 452 g/mol. The molecule has 24 heavy (non-hydrogen) atoms. The molecule has 0 bridgehead atoms. The molecule has 1 aliphatic rings. The maximum Gasteiger partial charge on any atom is 0.222 e. The molecule has 3 N–H and O–H groups in total. The summed E-state index contributed by atoms with van der Waals surface area (Å²) in [5, 5.41) is 9.79. The molecule has 1 unspecified atom stereocenters. The second-order valence-corrected chi connectivity index (χ2v) is 7.08. The maximum atomic E-state index is 11.9. The van der Waals surface area contributed by atoms with Crippen LogP contribution >= 0.6 is 24.0 Å². The summed E-state index contributed by atoms with van der Waals surface area (Å²) < 4.78 is 0. The minimum absolute atomic E-state index is 0. The van der Waals surface area contributed by atoms with Gasteiger partial charge >= 0.3 is 0 Å². The topological polar surface area (TPSA) is 65.5 Å². The Bertz CT molecular complexity index is 368. The van der Waals surface area contributed by atoms with Gasteiger partial charge in [0.05, 0.1) is 6.54 Å². The summed E-state index contributed by atoms with van der Waals surface area (Å²) in [6.45, 7) is 10.1. The van der Waals surface area contributed by atoms with Crippen molar-refractivity contribution in [2.75, 3.05) is 13.1 Å². The van der Waals surface area contributed by atoms with Gasteiger partial charge in [-0.2, -0.15) is 0 Å². The fourth-order valence-corrected chi connectivity index (χ4v) is 2.85. The summed E-state index contributed by atoms with van der Waals surface area (Å²) in [7, 11) is 0. The second kappa shape index (κ2) is 13.7. The van der Waals surface area contributed by atoms with Crippen LogP contribution in [0.1, 0.15) is 72.6 Å². The number of aliphatic imine (C=N–C) groups is 1. The third-order valence-corrected chi connectivity index (χ3v) is 4.23. The summed E-state index contributed by atoms with van der Waals surface area (Å²) in [6.07, 6.45) is 7.55. The van der Waals surface area contributed by atoms with Crippen molar-refractivity contribution in [2.24, 2.45) is 10.9 Å². The smallest absolute Gasteiger partial charge is 0.222 e. The highest BCUT2D eigenvalue weighted by Gasteiger charge is 2.16. The molecule has 142 valence electrons. The number of nitrogens with zero attached hydrogens (tertiary/aromatic N) is 1. The first-order valence-electron chi connectivity index (χ1n) is 9.35. The van der Waals surface area contributed by atoms with E-state index in [2.05, 4.69) is 48.6 Å². The number of carbonyl (C=O) groups is 1. The van der Waals surface area contributed by atoms with E-state index in [0.29, 0.717) is 25.0 Å². The molecule has 0 radical (unpaired) electrons. The van der Waals surface area contributed by atoms with E-state index >= 15 is 0 Å². The lowest BCUT2D eigenvalue weighted by Crippen LogP contribution is -2.42. The highest BCUT2D eigenvalue weighted by atomic mass is 127. The summed E-state index contributed by atoms with van der Waals surface area (Å²) in [5.74, 6) is 1.67. The molecule has 1 amide bonds. The van der Waals surface area contributed by atoms with E-state index in [1.165, 1.54) is 19.3 Å². The molecule has 0 spiro atoms. The highest BCUT2D eigenvalue weighted by molar-refractivity contribution is 14.0. The first-order chi connectivity index (χ1) is 11.0. The first kappa shape index (κ1) is 23.5. The molecule has 1 aliphatic carbocycles. The van der Waals surface area contributed by atoms with Crippen LogP contribution in [0.4, 0.5) is 0 Å². The van der Waals surface area contributed by atoms with Crippen molar-refractivity contribution >= 4 is 35.8 Å². The van der Waals surface area contributed by atoms with Gasteiger partial charge in [0, 0.05) is 25.0 Å². The molecule has 1 fully saturated rings. The van der Waals surface area contributed by atoms with Crippen LogP contribution in [0.5, 0.6) is 0 Å². The third-order valence-electron chi connectivity index (χ3n) is 4.23. The molecular formula is C18H37IN4O. The van der Waals surface area contributed by atoms with Gasteiger partial charge in [0.25, 0.3) is 0 Å². The Balaban J connectivity index is 0.00000529. The van der Waals surface area contributed by atoms with Gasteiger partial charge in [-0.25, -0.2) is 0 Å². The predicted molar refractivity (Wildman–Crippen MR) is 113 cm³/mol. The van der Waals surface area contributed by atoms with Gasteiger partial charge in [-0.3, -0.25) is 9.79 Å². The quantitative estimate of drug-likeness (QED) is 0.285. The van der Waals surface area contributed by atoms with Crippen LogP contribution in [0.2, 0.25) is 0 Å². The SMILES string of the molecule is CCNC(=NCCC(=O)NC1CCCC1)NC(C)CCC(C)C.I. The van der Waals surface area contributed by atoms with Crippen LogP contribution in [-0.4, -0.2) is 37.0 Å². The Hall–Kier alpha value is -0.530. The van der Waals surface area contributed by atoms with Crippen molar-refractivity contribution in [3.63, 3.8) is 0 Å². The first-order valence-corrected chi connectivity index (χ1v) is 9.35. The van der Waals surface area contributed by atoms with Crippen molar-refractivity contribution in [1.29, 1.82) is 0 Å². The molecule has 0 aromatic heterocycles. The summed E-state index contributed by atoms with van der Waals surface area (Å²) in [5.41, 5.74) is 0. The fraction of sp³-hybridized carbons (Fsp3) is 0.889. The van der Waals surface area contributed by atoms with E-state index in [9.17, 15) is 4.79 Å². The lowest BCUT2D eigenvalue weighted by atomic mass is 10.0. The van der Waals surface area contributed by atoms with E-state index in [-0.39, 0.29) is 29.9 Å². The Labute approximate surface area is 165 Å². The van der Waals surface area contributed by atoms with E-state index in [1.54, 1.807) is 0 Å². The number of nitrogens with one attached hydrogen (secondary N) is 3. The molecular weight excluding hydrogens is 415 g/mol. The van der Waals surface area contributed by atoms with Gasteiger partial charge in [0.1, 0.15) is 0 Å². The third kappa shape index (κ3) is 11.1. The monoisotopic (exact) mass is 452 g/mol. The summed E-state index contributed by atoms with van der Waals surface area (Å²) in [6, 6.07) is 0.788. The lowest BCUT2D eigenvalue weighted by Gasteiger charge is -2.18. The van der Waals surface area contributed by atoms with Crippen molar-refractivity contribution < 1.29 is 4.79 Å². The Morgan fingerprint density at radius 2 is 1.83 bits per heavy atom. The molecule has 0 aromatic carbocycles. The number of amides is 1. The van der Waals surface area contributed by atoms with Crippen LogP contribution in [0, 0.1) is 5.92 Å². The van der Waals surface area contributed by atoms with Crippen molar-refractivity contribution in [3.8, 4) is 0 Å². The number of halogens is 1. The van der Waals surface area contributed by atoms with Crippen LogP contribution in [-0.2, 0) is 4.79 Å². The zero-order chi connectivity index (χ0) is 17.1. The minimum Gasteiger partial charge on any atom is -0.357 e. The predicted octanol–water partition coefficient (Wildman–Crippen LogP) is 3.43. The van der Waals surface area contributed by atoms with E-state index in [0.717, 1.165) is 37.7 Å². The summed E-state index contributed by atoms with van der Waals surface area (Å²) >= 11 is 0. The zero-order valence-corrected chi connectivity index (χ0v) is 18.2. The van der Waals surface area contributed by atoms with Gasteiger partial charge < -0.3 is 16.0 Å². The fourth-order valence-electron chi connectivity index (χ4n) is 2.85. The Morgan fingerprint density at radius 3 is 2.42 bits per heavy atom. The molecule has 0 aromatic rings. The maximum absolute atomic E-state index is 11.9. The largest absolute Gasteiger partial charge is 0.357 e. The average Bonchev–Trinajstić information content (AvgIpc) is 2.98. The zero-order valence-electron chi connectivity index (χ0n) is 15.9. The normalized spacial score (nSPS) is 16.6. The lowest BCUT2D eigenvalue weighted by molar-refractivity contribution is -0.121. The van der Waals surface area contributed by atoms with E-state index in [1.807, 2.05) is 0 Å².